The number of carbonyl (C=O) groups excluding carboxylic acids is 2. The van der Waals surface area contributed by atoms with Crippen LogP contribution in [0.5, 0.6) is 0 Å². The first-order chi connectivity index (χ1) is 30.4. The van der Waals surface area contributed by atoms with Gasteiger partial charge in [0.05, 0.1) is 6.61 Å². The minimum absolute atomic E-state index is 0.0525. The first-order valence-corrected chi connectivity index (χ1v) is 25.2. The molecule has 1 fully saturated rings. The Morgan fingerprint density at radius 2 is 0.905 bits per heavy atom. The van der Waals surface area contributed by atoms with Crippen LogP contribution >= 0.6 is 7.82 Å². The van der Waals surface area contributed by atoms with Gasteiger partial charge in [0.1, 0.15) is 43.2 Å². The van der Waals surface area contributed by atoms with E-state index in [0.717, 1.165) is 89.9 Å². The number of ether oxygens (including phenoxy) is 2. The number of carbonyl (C=O) groups is 2. The largest absolute Gasteiger partial charge is 0.472 e. The number of hydrogen-bond acceptors (Lipinski definition) is 12. The molecule has 0 saturated heterocycles. The van der Waals surface area contributed by atoms with Crippen molar-refractivity contribution in [2.45, 2.75) is 211 Å². The Morgan fingerprint density at radius 3 is 1.41 bits per heavy atom. The van der Waals surface area contributed by atoms with Crippen LogP contribution in [0.1, 0.15) is 168 Å². The highest BCUT2D eigenvalue weighted by atomic mass is 31.2. The second-order valence-corrected chi connectivity index (χ2v) is 17.6. The summed E-state index contributed by atoms with van der Waals surface area (Å²) < 4.78 is 33.5. The van der Waals surface area contributed by atoms with Gasteiger partial charge in [-0.3, -0.25) is 18.6 Å². The highest BCUT2D eigenvalue weighted by molar-refractivity contribution is 7.47. The van der Waals surface area contributed by atoms with Crippen molar-refractivity contribution in [2.24, 2.45) is 0 Å². The van der Waals surface area contributed by atoms with Crippen LogP contribution in [-0.2, 0) is 32.7 Å². The fraction of sp³-hybridized carbons (Fsp3) is 0.714. The molecule has 0 aliphatic heterocycles. The first kappa shape index (κ1) is 58.3. The Hall–Kier alpha value is -2.71. The van der Waals surface area contributed by atoms with Gasteiger partial charge < -0.3 is 39.9 Å². The first-order valence-electron chi connectivity index (χ1n) is 23.7. The molecule has 13 nitrogen and oxygen atoms in total. The lowest BCUT2D eigenvalue weighted by Gasteiger charge is -2.41. The third kappa shape index (κ3) is 31.0. The van der Waals surface area contributed by atoms with Gasteiger partial charge in [-0.05, 0) is 83.5 Å². The molecule has 0 heterocycles. The molecule has 6 atom stereocenters. The summed E-state index contributed by atoms with van der Waals surface area (Å²) in [4.78, 5) is 35.7. The van der Waals surface area contributed by atoms with E-state index in [1.807, 2.05) is 0 Å². The Kier molecular flexibility index (Phi) is 35.7. The van der Waals surface area contributed by atoms with Crippen LogP contribution in [0.4, 0.5) is 0 Å². The van der Waals surface area contributed by atoms with Gasteiger partial charge in [0.2, 0.25) is 0 Å². The summed E-state index contributed by atoms with van der Waals surface area (Å²) in [6, 6.07) is 0. The van der Waals surface area contributed by atoms with Gasteiger partial charge in [0, 0.05) is 12.8 Å². The van der Waals surface area contributed by atoms with Gasteiger partial charge in [-0.1, -0.05) is 145 Å². The number of rotatable bonds is 38. The van der Waals surface area contributed by atoms with Gasteiger partial charge >= 0.3 is 19.8 Å². The van der Waals surface area contributed by atoms with Gasteiger partial charge in [0.25, 0.3) is 0 Å². The highest BCUT2D eigenvalue weighted by Crippen LogP contribution is 2.47. The molecule has 1 saturated carbocycles. The van der Waals surface area contributed by atoms with Crippen LogP contribution in [0.15, 0.2) is 72.9 Å². The van der Waals surface area contributed by atoms with E-state index in [4.69, 9.17) is 18.5 Å². The van der Waals surface area contributed by atoms with Crippen molar-refractivity contribution in [1.82, 2.24) is 0 Å². The maximum Gasteiger partial charge on any atom is 0.472 e. The second-order valence-electron chi connectivity index (χ2n) is 16.2. The van der Waals surface area contributed by atoms with E-state index in [0.29, 0.717) is 12.8 Å². The maximum absolute atomic E-state index is 12.8. The molecule has 0 aromatic heterocycles. The molecule has 0 amide bonds. The van der Waals surface area contributed by atoms with E-state index in [1.54, 1.807) is 0 Å². The smallest absolute Gasteiger partial charge is 0.462 e. The van der Waals surface area contributed by atoms with E-state index in [9.17, 15) is 44.6 Å². The lowest BCUT2D eigenvalue weighted by atomic mass is 9.85. The van der Waals surface area contributed by atoms with E-state index >= 15 is 0 Å². The van der Waals surface area contributed by atoms with E-state index < -0.39 is 75.7 Å². The predicted molar refractivity (Wildman–Crippen MR) is 249 cm³/mol. The van der Waals surface area contributed by atoms with Gasteiger partial charge in [-0.25, -0.2) is 4.57 Å². The molecular formula is C49H83O13P. The number of unbranched alkanes of at least 4 members (excludes halogenated alkanes) is 14. The number of aliphatic hydroxyl groups is 5. The monoisotopic (exact) mass is 911 g/mol. The fourth-order valence-corrected chi connectivity index (χ4v) is 7.69. The lowest BCUT2D eigenvalue weighted by molar-refractivity contribution is -0.220. The highest BCUT2D eigenvalue weighted by Gasteiger charge is 2.51. The van der Waals surface area contributed by atoms with Crippen LogP contribution in [-0.4, -0.2) is 98.3 Å². The fourth-order valence-electron chi connectivity index (χ4n) is 6.72. The Morgan fingerprint density at radius 1 is 0.508 bits per heavy atom. The topological polar surface area (TPSA) is 210 Å². The van der Waals surface area contributed by atoms with Crippen molar-refractivity contribution in [3.05, 3.63) is 72.9 Å². The summed E-state index contributed by atoms with van der Waals surface area (Å²) in [5.41, 5.74) is 0. The molecule has 1 aliphatic carbocycles. The van der Waals surface area contributed by atoms with Gasteiger partial charge in [-0.15, -0.1) is 0 Å². The molecular weight excluding hydrogens is 828 g/mol. The lowest BCUT2D eigenvalue weighted by Crippen LogP contribution is -2.64. The SMILES string of the molecule is CC/C=C\C/C=C\C/C=C\C/C=C\C/C=C\CCCCCC(=O)OC(COC(=O)CCCCCCC/C=C\CCCCCCCC)COP(=O)(O)OC1C(O)C(O)C(O)C(O)C1O. The quantitative estimate of drug-likeness (QED) is 0.0148. The average Bonchev–Trinajstić information content (AvgIpc) is 3.26. The zero-order valence-electron chi connectivity index (χ0n) is 38.3. The van der Waals surface area contributed by atoms with E-state index in [-0.39, 0.29) is 12.8 Å². The van der Waals surface area contributed by atoms with Crippen molar-refractivity contribution in [1.29, 1.82) is 0 Å². The number of phosphoric ester groups is 1. The normalized spacial score (nSPS) is 22.3. The number of hydrogen-bond donors (Lipinski definition) is 6. The van der Waals surface area contributed by atoms with Crippen molar-refractivity contribution >= 4 is 19.8 Å². The van der Waals surface area contributed by atoms with Crippen molar-refractivity contribution in [3.8, 4) is 0 Å². The van der Waals surface area contributed by atoms with E-state index in [2.05, 4.69) is 86.8 Å². The van der Waals surface area contributed by atoms with Crippen molar-refractivity contribution in [2.75, 3.05) is 13.2 Å². The van der Waals surface area contributed by atoms with Crippen LogP contribution in [0.3, 0.4) is 0 Å². The zero-order valence-corrected chi connectivity index (χ0v) is 39.2. The number of esters is 2. The summed E-state index contributed by atoms with van der Waals surface area (Å²) in [6.45, 7) is 3.14. The zero-order chi connectivity index (χ0) is 46.4. The molecule has 0 aromatic rings. The summed E-state index contributed by atoms with van der Waals surface area (Å²) in [6.07, 6.45) is 35.2. The van der Waals surface area contributed by atoms with Crippen LogP contribution in [0, 0.1) is 0 Å². The molecule has 1 aliphatic rings. The number of allylic oxidation sites excluding steroid dienone is 12. The second kappa shape index (κ2) is 38.5. The van der Waals surface area contributed by atoms with Gasteiger partial charge in [0.15, 0.2) is 6.10 Å². The van der Waals surface area contributed by atoms with Crippen molar-refractivity contribution in [3.63, 3.8) is 0 Å². The molecule has 0 aromatic carbocycles. The summed E-state index contributed by atoms with van der Waals surface area (Å²) in [5.74, 6) is -1.15. The summed E-state index contributed by atoms with van der Waals surface area (Å²) >= 11 is 0. The number of phosphoric acid groups is 1. The molecule has 14 heteroatoms. The minimum atomic E-state index is -5.13. The predicted octanol–water partition coefficient (Wildman–Crippen LogP) is 9.50. The molecule has 6 unspecified atom stereocenters. The average molecular weight is 911 g/mol. The Labute approximate surface area is 378 Å². The molecule has 1 rings (SSSR count). The molecule has 63 heavy (non-hydrogen) atoms. The van der Waals surface area contributed by atoms with E-state index in [1.165, 1.54) is 38.5 Å². The minimum Gasteiger partial charge on any atom is -0.462 e. The molecule has 0 bridgehead atoms. The maximum atomic E-state index is 12.8. The van der Waals surface area contributed by atoms with Gasteiger partial charge in [-0.2, -0.15) is 0 Å². The standard InChI is InChI=1S/C49H83O13P/c1-3-5-7-9-11-13-15-17-19-20-21-22-24-26-28-30-32-34-36-38-43(51)61-41(40-60-63(57,58)62-49-47(55)45(53)44(52)46(54)48(49)56)39-59-42(50)37-35-33-31-29-27-25-23-18-16-14-12-10-8-6-4-2/h5,7,11,13,17-19,21-23,26,28,41,44-49,52-56H,3-4,6,8-10,12,14-16,20,24-25,27,29-40H2,1-2H3,(H,57,58)/b7-5-,13-11-,19-17-,22-21-,23-18-,28-26-. The van der Waals surface area contributed by atoms with Crippen molar-refractivity contribution < 1.29 is 63.1 Å². The Bertz CT molecular complexity index is 1380. The molecule has 0 spiro atoms. The summed E-state index contributed by atoms with van der Waals surface area (Å²) in [5, 5.41) is 50.2. The molecule has 362 valence electrons. The Balaban J connectivity index is 2.49. The summed E-state index contributed by atoms with van der Waals surface area (Å²) in [7, 11) is -5.13. The molecule has 0 radical (unpaired) electrons. The molecule has 6 N–H and O–H groups in total. The van der Waals surface area contributed by atoms with Crippen LogP contribution in [0.2, 0.25) is 0 Å². The van der Waals surface area contributed by atoms with Crippen LogP contribution < -0.4 is 0 Å². The number of aliphatic hydroxyl groups excluding tert-OH is 5. The third-order valence-electron chi connectivity index (χ3n) is 10.5. The third-order valence-corrected chi connectivity index (χ3v) is 11.5. The van der Waals surface area contributed by atoms with Crippen LogP contribution in [0.25, 0.3) is 0 Å².